The number of hydrogen-bond acceptors (Lipinski definition) is 5. The number of nitrogens with zero attached hydrogens (tertiary/aromatic N) is 3. The Hall–Kier alpha value is -2.64. The third-order valence-corrected chi connectivity index (χ3v) is 2.89. The monoisotopic (exact) mass is 326 g/mol. The van der Waals surface area contributed by atoms with Crippen LogP contribution < -0.4 is 10.6 Å². The molecule has 23 heavy (non-hydrogen) atoms. The highest BCUT2D eigenvalue weighted by molar-refractivity contribution is 5.97. The second kappa shape index (κ2) is 7.57. The molecular weight excluding hydrogens is 309 g/mol. The van der Waals surface area contributed by atoms with Crippen LogP contribution in [-0.4, -0.2) is 31.6 Å². The number of carbonyl (C=O) groups excluding carboxylic acids is 1. The van der Waals surface area contributed by atoms with E-state index in [0.717, 1.165) is 18.5 Å². The molecule has 8 heteroatoms. The van der Waals surface area contributed by atoms with E-state index in [2.05, 4.69) is 9.98 Å². The average Bonchev–Trinajstić information content (AvgIpc) is 2.50. The molecule has 0 spiro atoms. The molecule has 0 fully saturated rings. The summed E-state index contributed by atoms with van der Waals surface area (Å²) in [6, 6.07) is 0.902. The molecule has 0 radical (unpaired) electrons. The van der Waals surface area contributed by atoms with Crippen LogP contribution in [0.3, 0.4) is 0 Å². The maximum absolute atomic E-state index is 12.8. The number of aldehydes is 1. The van der Waals surface area contributed by atoms with Crippen molar-refractivity contribution in [2.45, 2.75) is 13.1 Å². The highest BCUT2D eigenvalue weighted by Gasteiger charge is 2.31. The molecule has 1 heterocycles. The smallest absolute Gasteiger partial charge is 0.404 e. The molecule has 124 valence electrons. The lowest BCUT2D eigenvalue weighted by atomic mass is 10.1. The molecule has 0 aliphatic carbocycles. The van der Waals surface area contributed by atoms with Gasteiger partial charge >= 0.3 is 6.18 Å². The zero-order chi connectivity index (χ0) is 17.6. The Labute approximate surface area is 132 Å². The molecule has 0 bridgehead atoms. The zero-order valence-corrected chi connectivity index (χ0v) is 12.9. The number of alkyl halides is 3. The van der Waals surface area contributed by atoms with E-state index in [4.69, 9.17) is 5.73 Å². The summed E-state index contributed by atoms with van der Waals surface area (Å²) in [4.78, 5) is 20.3. The molecule has 0 saturated heterocycles. The molecule has 0 amide bonds. The fourth-order valence-electron chi connectivity index (χ4n) is 1.70. The third kappa shape index (κ3) is 4.67. The van der Waals surface area contributed by atoms with E-state index >= 15 is 0 Å². The standard InChI is InChI=1S/C15H17F3N4O/c1-4-10(11(6-19)9-23)7-20-13-5-12(15(16,17)18)8-21-14(13)22(2)3/h4-9H,19H2,1-3H3/b10-4-,11-6-,20-7?. The Balaban J connectivity index is 3.34. The molecule has 0 unspecified atom stereocenters. The number of anilines is 1. The third-order valence-electron chi connectivity index (χ3n) is 2.89. The maximum Gasteiger partial charge on any atom is 0.417 e. The molecule has 1 aromatic heterocycles. The van der Waals surface area contributed by atoms with Crippen molar-refractivity contribution in [2.75, 3.05) is 19.0 Å². The van der Waals surface area contributed by atoms with E-state index in [1.54, 1.807) is 32.0 Å². The van der Waals surface area contributed by atoms with Gasteiger partial charge in [0.1, 0.15) is 5.69 Å². The van der Waals surface area contributed by atoms with Gasteiger partial charge in [-0.1, -0.05) is 6.08 Å². The number of carbonyl (C=O) groups is 1. The summed E-state index contributed by atoms with van der Waals surface area (Å²) in [6.07, 6.45) is 0.729. The van der Waals surface area contributed by atoms with Crippen LogP contribution in [0.4, 0.5) is 24.7 Å². The van der Waals surface area contributed by atoms with Crippen LogP contribution in [0.25, 0.3) is 0 Å². The Morgan fingerprint density at radius 3 is 2.43 bits per heavy atom. The SMILES string of the molecule is C/C=C(C=Nc1cc(C(F)(F)F)cnc1N(C)C)\C(C=O)=C/N. The number of halogens is 3. The van der Waals surface area contributed by atoms with Crippen LogP contribution >= 0.6 is 0 Å². The second-order valence-electron chi connectivity index (χ2n) is 4.70. The van der Waals surface area contributed by atoms with E-state index in [0.29, 0.717) is 11.9 Å². The Morgan fingerprint density at radius 1 is 1.35 bits per heavy atom. The fourth-order valence-corrected chi connectivity index (χ4v) is 1.70. The molecule has 0 atom stereocenters. The lowest BCUT2D eigenvalue weighted by molar-refractivity contribution is -0.137. The zero-order valence-electron chi connectivity index (χ0n) is 12.9. The van der Waals surface area contributed by atoms with Crippen LogP contribution in [0.5, 0.6) is 0 Å². The van der Waals surface area contributed by atoms with Gasteiger partial charge in [-0.15, -0.1) is 0 Å². The first-order valence-electron chi connectivity index (χ1n) is 6.57. The highest BCUT2D eigenvalue weighted by Crippen LogP contribution is 2.34. The van der Waals surface area contributed by atoms with Crippen molar-refractivity contribution in [3.63, 3.8) is 0 Å². The molecular formula is C15H17F3N4O. The van der Waals surface area contributed by atoms with E-state index in [9.17, 15) is 18.0 Å². The van der Waals surface area contributed by atoms with Crippen molar-refractivity contribution in [3.05, 3.63) is 41.2 Å². The molecule has 0 aliphatic rings. The number of nitrogens with two attached hydrogens (primary N) is 1. The summed E-state index contributed by atoms with van der Waals surface area (Å²) < 4.78 is 38.4. The normalized spacial score (nSPS) is 13.5. The maximum atomic E-state index is 12.8. The first-order chi connectivity index (χ1) is 10.7. The Kier molecular flexibility index (Phi) is 6.06. The van der Waals surface area contributed by atoms with Crippen LogP contribution in [0.15, 0.2) is 40.7 Å². The summed E-state index contributed by atoms with van der Waals surface area (Å²) in [6.45, 7) is 1.66. The summed E-state index contributed by atoms with van der Waals surface area (Å²) in [5.74, 6) is 0.272. The highest BCUT2D eigenvalue weighted by atomic mass is 19.4. The fraction of sp³-hybridized carbons (Fsp3) is 0.267. The minimum Gasteiger partial charge on any atom is -0.404 e. The molecule has 2 N–H and O–H groups in total. The van der Waals surface area contributed by atoms with Gasteiger partial charge in [-0.25, -0.2) is 4.98 Å². The van der Waals surface area contributed by atoms with E-state index in [1.165, 1.54) is 6.21 Å². The van der Waals surface area contributed by atoms with Crippen LogP contribution in [0, 0.1) is 0 Å². The number of aromatic nitrogens is 1. The van der Waals surface area contributed by atoms with E-state index < -0.39 is 11.7 Å². The summed E-state index contributed by atoms with van der Waals surface area (Å²) in [5.41, 5.74) is 5.03. The van der Waals surface area contributed by atoms with E-state index in [-0.39, 0.29) is 17.1 Å². The van der Waals surface area contributed by atoms with Crippen molar-refractivity contribution < 1.29 is 18.0 Å². The predicted octanol–water partition coefficient (Wildman–Crippen LogP) is 2.86. The quantitative estimate of drug-likeness (QED) is 0.391. The topological polar surface area (TPSA) is 71.6 Å². The number of hydrogen-bond donors (Lipinski definition) is 1. The molecule has 5 nitrogen and oxygen atoms in total. The number of rotatable bonds is 5. The Bertz CT molecular complexity index is 661. The molecule has 1 aromatic rings. The molecule has 0 aliphatic heterocycles. The van der Waals surface area contributed by atoms with Gasteiger partial charge in [0, 0.05) is 43.9 Å². The van der Waals surface area contributed by atoms with Gasteiger partial charge in [-0.05, 0) is 13.0 Å². The molecule has 0 saturated carbocycles. The summed E-state index contributed by atoms with van der Waals surface area (Å²) in [5, 5.41) is 0. The lowest BCUT2D eigenvalue weighted by Crippen LogP contribution is -2.13. The minimum atomic E-state index is -4.52. The predicted molar refractivity (Wildman–Crippen MR) is 83.8 cm³/mol. The molecule has 1 rings (SSSR count). The van der Waals surface area contributed by atoms with Crippen LogP contribution in [-0.2, 0) is 11.0 Å². The van der Waals surface area contributed by atoms with Crippen LogP contribution in [0.1, 0.15) is 12.5 Å². The van der Waals surface area contributed by atoms with Crippen molar-refractivity contribution >= 4 is 24.0 Å². The van der Waals surface area contributed by atoms with Crippen molar-refractivity contribution in [3.8, 4) is 0 Å². The Morgan fingerprint density at radius 2 is 2.00 bits per heavy atom. The average molecular weight is 326 g/mol. The van der Waals surface area contributed by atoms with E-state index in [1.807, 2.05) is 0 Å². The van der Waals surface area contributed by atoms with Gasteiger partial charge in [0.15, 0.2) is 12.1 Å². The minimum absolute atomic E-state index is 0.0337. The van der Waals surface area contributed by atoms with Gasteiger partial charge in [-0.2, -0.15) is 13.2 Å². The summed E-state index contributed by atoms with van der Waals surface area (Å²) >= 11 is 0. The van der Waals surface area contributed by atoms with Gasteiger partial charge < -0.3 is 10.6 Å². The number of pyridine rings is 1. The van der Waals surface area contributed by atoms with Gasteiger partial charge in [0.05, 0.1) is 5.56 Å². The second-order valence-corrected chi connectivity index (χ2v) is 4.70. The number of aliphatic imine (C=N–C) groups is 1. The number of allylic oxidation sites excluding steroid dienone is 3. The molecule has 0 aromatic carbocycles. The van der Waals surface area contributed by atoms with Gasteiger partial charge in [0.2, 0.25) is 0 Å². The lowest BCUT2D eigenvalue weighted by Gasteiger charge is -2.15. The van der Waals surface area contributed by atoms with Crippen molar-refractivity contribution in [1.29, 1.82) is 0 Å². The van der Waals surface area contributed by atoms with Gasteiger partial charge in [0.25, 0.3) is 0 Å². The van der Waals surface area contributed by atoms with Crippen LogP contribution in [0.2, 0.25) is 0 Å². The first-order valence-corrected chi connectivity index (χ1v) is 6.57. The summed E-state index contributed by atoms with van der Waals surface area (Å²) in [7, 11) is 3.28. The first kappa shape index (κ1) is 18.4. The van der Waals surface area contributed by atoms with Crippen molar-refractivity contribution in [1.82, 2.24) is 4.98 Å². The van der Waals surface area contributed by atoms with Gasteiger partial charge in [-0.3, -0.25) is 9.79 Å². The largest absolute Gasteiger partial charge is 0.417 e. The van der Waals surface area contributed by atoms with Crippen molar-refractivity contribution in [2.24, 2.45) is 10.7 Å².